The monoisotopic (exact) mass is 348 g/mol. The van der Waals surface area contributed by atoms with Crippen molar-refractivity contribution in [2.45, 2.75) is 13.5 Å². The van der Waals surface area contributed by atoms with Gasteiger partial charge in [-0.2, -0.15) is 5.10 Å². The number of hydrogen-bond acceptors (Lipinski definition) is 6. The van der Waals surface area contributed by atoms with Crippen LogP contribution in [0.2, 0.25) is 0 Å². The molecule has 0 bridgehead atoms. The molecule has 0 aliphatic carbocycles. The molecule has 0 unspecified atom stereocenters. The molecule has 3 aromatic heterocycles. The van der Waals surface area contributed by atoms with Crippen LogP contribution in [0.25, 0.3) is 22.0 Å². The fraction of sp³-hybridized carbons (Fsp3) is 0.111. The van der Waals surface area contributed by atoms with Crippen molar-refractivity contribution in [2.75, 3.05) is 5.32 Å². The van der Waals surface area contributed by atoms with Gasteiger partial charge in [-0.25, -0.2) is 15.0 Å². The predicted octanol–water partition coefficient (Wildman–Crippen LogP) is 3.91. The molecule has 7 heteroatoms. The van der Waals surface area contributed by atoms with Crippen molar-refractivity contribution in [3.05, 3.63) is 65.4 Å². The Labute approximate surface area is 149 Å². The molecule has 0 amide bonds. The third-order valence-electron chi connectivity index (χ3n) is 3.63. The number of benzene rings is 1. The predicted molar refractivity (Wildman–Crippen MR) is 99.2 cm³/mol. The largest absolute Gasteiger partial charge is 0.348 e. The molecule has 4 rings (SSSR count). The Morgan fingerprint density at radius 2 is 1.96 bits per heavy atom. The standard InChI is InChI=1S/C18H16N6S/c1-12-9-14(24-23-12)10-20-18-19-8-7-15(22-18)16-11-25-17(21-16)13-5-3-2-4-6-13/h2-9,11H,10H2,1H3,(H,23,24)(H,19,20,22). The molecule has 0 saturated heterocycles. The van der Waals surface area contributed by atoms with E-state index >= 15 is 0 Å². The molecule has 0 fully saturated rings. The molecule has 0 saturated carbocycles. The summed E-state index contributed by atoms with van der Waals surface area (Å²) in [7, 11) is 0. The highest BCUT2D eigenvalue weighted by Gasteiger charge is 2.09. The van der Waals surface area contributed by atoms with Crippen LogP contribution in [0.15, 0.2) is 54.0 Å². The number of nitrogens with zero attached hydrogens (tertiary/aromatic N) is 4. The van der Waals surface area contributed by atoms with Crippen LogP contribution in [0.5, 0.6) is 0 Å². The Morgan fingerprint density at radius 1 is 1.08 bits per heavy atom. The maximum absolute atomic E-state index is 4.70. The minimum Gasteiger partial charge on any atom is -0.348 e. The van der Waals surface area contributed by atoms with E-state index in [-0.39, 0.29) is 0 Å². The van der Waals surface area contributed by atoms with E-state index in [9.17, 15) is 0 Å². The van der Waals surface area contributed by atoms with E-state index in [0.29, 0.717) is 12.5 Å². The number of aromatic nitrogens is 5. The lowest BCUT2D eigenvalue weighted by Crippen LogP contribution is -2.04. The maximum atomic E-state index is 4.70. The quantitative estimate of drug-likeness (QED) is 0.571. The Morgan fingerprint density at radius 3 is 2.76 bits per heavy atom. The molecule has 0 radical (unpaired) electrons. The minimum atomic E-state index is 0.562. The van der Waals surface area contributed by atoms with Crippen LogP contribution in [0, 0.1) is 6.92 Å². The van der Waals surface area contributed by atoms with Gasteiger partial charge in [-0.1, -0.05) is 30.3 Å². The SMILES string of the molecule is Cc1cc(CNc2nccc(-c3csc(-c4ccccc4)n3)n2)n[nH]1. The first kappa shape index (κ1) is 15.5. The Balaban J connectivity index is 1.52. The van der Waals surface area contributed by atoms with Gasteiger partial charge in [0, 0.05) is 22.8 Å². The van der Waals surface area contributed by atoms with Crippen LogP contribution in [-0.4, -0.2) is 25.1 Å². The highest BCUT2D eigenvalue weighted by Crippen LogP contribution is 2.27. The summed E-state index contributed by atoms with van der Waals surface area (Å²) < 4.78 is 0. The highest BCUT2D eigenvalue weighted by molar-refractivity contribution is 7.13. The number of thiazole rings is 1. The van der Waals surface area contributed by atoms with Gasteiger partial charge in [0.2, 0.25) is 5.95 Å². The van der Waals surface area contributed by atoms with Crippen molar-refractivity contribution in [3.8, 4) is 22.0 Å². The van der Waals surface area contributed by atoms with Gasteiger partial charge in [-0.05, 0) is 19.1 Å². The Kier molecular flexibility index (Phi) is 4.22. The number of hydrogen-bond donors (Lipinski definition) is 2. The molecule has 0 atom stereocenters. The van der Waals surface area contributed by atoms with Gasteiger partial charge in [-0.3, -0.25) is 5.10 Å². The lowest BCUT2D eigenvalue weighted by atomic mass is 10.2. The van der Waals surface area contributed by atoms with Crippen LogP contribution < -0.4 is 5.32 Å². The summed E-state index contributed by atoms with van der Waals surface area (Å²) >= 11 is 1.61. The molecule has 0 aliphatic heterocycles. The maximum Gasteiger partial charge on any atom is 0.223 e. The summed E-state index contributed by atoms with van der Waals surface area (Å²) in [6.45, 7) is 2.54. The van der Waals surface area contributed by atoms with Crippen LogP contribution in [-0.2, 0) is 6.54 Å². The average molecular weight is 348 g/mol. The van der Waals surface area contributed by atoms with E-state index in [1.807, 2.05) is 42.6 Å². The first-order valence-corrected chi connectivity index (χ1v) is 8.75. The summed E-state index contributed by atoms with van der Waals surface area (Å²) in [5.74, 6) is 0.562. The zero-order chi connectivity index (χ0) is 17.1. The van der Waals surface area contributed by atoms with E-state index in [4.69, 9.17) is 4.98 Å². The van der Waals surface area contributed by atoms with Gasteiger partial charge in [-0.15, -0.1) is 11.3 Å². The van der Waals surface area contributed by atoms with Crippen molar-refractivity contribution >= 4 is 17.3 Å². The van der Waals surface area contributed by atoms with Crippen molar-refractivity contribution in [1.29, 1.82) is 0 Å². The van der Waals surface area contributed by atoms with Gasteiger partial charge >= 0.3 is 0 Å². The number of aromatic amines is 1. The first-order valence-electron chi connectivity index (χ1n) is 7.87. The molecule has 25 heavy (non-hydrogen) atoms. The van der Waals surface area contributed by atoms with Crippen LogP contribution in [0.1, 0.15) is 11.4 Å². The van der Waals surface area contributed by atoms with E-state index in [1.165, 1.54) is 0 Å². The second kappa shape index (κ2) is 6.82. The fourth-order valence-electron chi connectivity index (χ4n) is 2.43. The van der Waals surface area contributed by atoms with Gasteiger partial charge in [0.05, 0.1) is 17.9 Å². The van der Waals surface area contributed by atoms with E-state index in [2.05, 4.69) is 37.6 Å². The van der Waals surface area contributed by atoms with Crippen LogP contribution in [0.3, 0.4) is 0 Å². The van der Waals surface area contributed by atoms with Gasteiger partial charge < -0.3 is 5.32 Å². The zero-order valence-electron chi connectivity index (χ0n) is 13.6. The van der Waals surface area contributed by atoms with E-state index in [0.717, 1.165) is 33.3 Å². The zero-order valence-corrected chi connectivity index (χ0v) is 14.4. The third kappa shape index (κ3) is 3.56. The molecule has 3 heterocycles. The first-order chi connectivity index (χ1) is 12.3. The summed E-state index contributed by atoms with van der Waals surface area (Å²) in [5.41, 5.74) is 4.72. The van der Waals surface area contributed by atoms with Crippen molar-refractivity contribution < 1.29 is 0 Å². The summed E-state index contributed by atoms with van der Waals surface area (Å²) in [6, 6.07) is 14.0. The molecule has 0 spiro atoms. The normalized spacial score (nSPS) is 10.8. The molecular weight excluding hydrogens is 332 g/mol. The lowest BCUT2D eigenvalue weighted by molar-refractivity contribution is 0.952. The molecule has 4 aromatic rings. The molecule has 1 aromatic carbocycles. The summed E-state index contributed by atoms with van der Waals surface area (Å²) in [6.07, 6.45) is 1.74. The van der Waals surface area contributed by atoms with Crippen molar-refractivity contribution in [1.82, 2.24) is 25.1 Å². The number of aryl methyl sites for hydroxylation is 1. The second-order valence-corrected chi connectivity index (χ2v) is 6.42. The highest BCUT2D eigenvalue weighted by atomic mass is 32.1. The molecule has 2 N–H and O–H groups in total. The summed E-state index contributed by atoms with van der Waals surface area (Å²) in [4.78, 5) is 13.5. The topological polar surface area (TPSA) is 79.4 Å². The smallest absolute Gasteiger partial charge is 0.223 e. The molecule has 0 aliphatic rings. The van der Waals surface area contributed by atoms with Gasteiger partial charge in [0.25, 0.3) is 0 Å². The Bertz CT molecular complexity index is 976. The molecule has 124 valence electrons. The fourth-order valence-corrected chi connectivity index (χ4v) is 3.25. The number of rotatable bonds is 5. The summed E-state index contributed by atoms with van der Waals surface area (Å²) in [5, 5.41) is 13.3. The second-order valence-electron chi connectivity index (χ2n) is 5.57. The third-order valence-corrected chi connectivity index (χ3v) is 4.52. The van der Waals surface area contributed by atoms with Gasteiger partial charge in [0.1, 0.15) is 10.7 Å². The van der Waals surface area contributed by atoms with E-state index in [1.54, 1.807) is 17.5 Å². The average Bonchev–Trinajstić information content (AvgIpc) is 3.30. The molecule has 6 nitrogen and oxygen atoms in total. The van der Waals surface area contributed by atoms with Crippen molar-refractivity contribution in [2.24, 2.45) is 0 Å². The Hall–Kier alpha value is -3.06. The minimum absolute atomic E-state index is 0.562. The van der Waals surface area contributed by atoms with Crippen LogP contribution in [0.4, 0.5) is 5.95 Å². The number of anilines is 1. The lowest BCUT2D eigenvalue weighted by Gasteiger charge is -2.03. The molecular formula is C18H16N6S. The van der Waals surface area contributed by atoms with E-state index < -0.39 is 0 Å². The van der Waals surface area contributed by atoms with Gasteiger partial charge in [0.15, 0.2) is 0 Å². The van der Waals surface area contributed by atoms with Crippen LogP contribution >= 0.6 is 11.3 Å². The number of nitrogens with one attached hydrogen (secondary N) is 2. The van der Waals surface area contributed by atoms with Crippen molar-refractivity contribution in [3.63, 3.8) is 0 Å². The number of H-pyrrole nitrogens is 1.